The summed E-state index contributed by atoms with van der Waals surface area (Å²) in [6.07, 6.45) is 2.70. The first kappa shape index (κ1) is 19.3. The van der Waals surface area contributed by atoms with Crippen molar-refractivity contribution in [1.82, 2.24) is 24.9 Å². The smallest absolute Gasteiger partial charge is 0.242 e. The molecule has 31 heavy (non-hydrogen) atoms. The van der Waals surface area contributed by atoms with Crippen molar-refractivity contribution in [1.29, 1.82) is 0 Å². The number of hydrogen-bond donors (Lipinski definition) is 2. The van der Waals surface area contributed by atoms with Crippen LogP contribution in [0.4, 0.5) is 5.95 Å². The van der Waals surface area contributed by atoms with E-state index in [9.17, 15) is 4.79 Å². The second-order valence-corrected chi connectivity index (χ2v) is 7.79. The maximum Gasteiger partial charge on any atom is 0.242 e. The van der Waals surface area contributed by atoms with Crippen LogP contribution in [0.15, 0.2) is 42.5 Å². The van der Waals surface area contributed by atoms with Gasteiger partial charge in [-0.05, 0) is 49.9 Å². The number of methoxy groups -OCH3 is 1. The molecular weight excluding hydrogens is 392 g/mol. The topological polar surface area (TPSA) is 93.4 Å². The maximum absolute atomic E-state index is 12.5. The van der Waals surface area contributed by atoms with E-state index in [1.165, 1.54) is 0 Å². The highest BCUT2D eigenvalue weighted by atomic mass is 16.5. The van der Waals surface area contributed by atoms with Crippen LogP contribution in [0.1, 0.15) is 24.8 Å². The normalized spacial score (nSPS) is 16.8. The van der Waals surface area contributed by atoms with Crippen LogP contribution in [0, 0.1) is 6.92 Å². The molecule has 0 spiro atoms. The fourth-order valence-electron chi connectivity index (χ4n) is 4.03. The van der Waals surface area contributed by atoms with Crippen molar-refractivity contribution < 1.29 is 9.53 Å². The number of carbonyl (C=O) groups excluding carboxylic acids is 1. The van der Waals surface area contributed by atoms with Crippen molar-refractivity contribution in [3.05, 3.63) is 48.0 Å². The van der Waals surface area contributed by atoms with Gasteiger partial charge in [0.25, 0.3) is 0 Å². The van der Waals surface area contributed by atoms with Crippen LogP contribution < -0.4 is 15.4 Å². The Bertz CT molecular complexity index is 1280. The molecule has 1 amide bonds. The van der Waals surface area contributed by atoms with Gasteiger partial charge in [0.05, 0.1) is 12.6 Å². The molecule has 2 aromatic heterocycles. The van der Waals surface area contributed by atoms with Crippen LogP contribution in [0.5, 0.6) is 5.75 Å². The van der Waals surface area contributed by atoms with Gasteiger partial charge < -0.3 is 15.4 Å². The summed E-state index contributed by atoms with van der Waals surface area (Å²) in [7, 11) is 1.64. The molecule has 1 atom stereocenters. The van der Waals surface area contributed by atoms with Crippen LogP contribution in [-0.2, 0) is 4.79 Å². The number of anilines is 1. The summed E-state index contributed by atoms with van der Waals surface area (Å²) in [5.41, 5.74) is 3.44. The molecule has 0 unspecified atom stereocenters. The number of benzene rings is 2. The van der Waals surface area contributed by atoms with E-state index in [-0.39, 0.29) is 11.9 Å². The molecular formula is C23H24N6O2. The second-order valence-electron chi connectivity index (χ2n) is 7.79. The van der Waals surface area contributed by atoms with Gasteiger partial charge in [0.2, 0.25) is 11.9 Å². The first-order chi connectivity index (χ1) is 15.1. The minimum Gasteiger partial charge on any atom is -0.497 e. The van der Waals surface area contributed by atoms with Gasteiger partial charge in [-0.25, -0.2) is 9.97 Å². The monoisotopic (exact) mass is 416 g/mol. The molecule has 2 aromatic carbocycles. The average molecular weight is 416 g/mol. The SMILES string of the molecule is COc1cccc(-c2nc3c4c(C)cccc4nc(N[C@H]4CCCCNC4=O)n3n2)c1. The van der Waals surface area contributed by atoms with Gasteiger partial charge in [0.15, 0.2) is 11.5 Å². The number of carbonyl (C=O) groups is 1. The Kier molecular flexibility index (Phi) is 4.89. The Morgan fingerprint density at radius 1 is 1.16 bits per heavy atom. The van der Waals surface area contributed by atoms with Crippen molar-refractivity contribution in [2.24, 2.45) is 0 Å². The van der Waals surface area contributed by atoms with Crippen LogP contribution in [0.25, 0.3) is 27.9 Å². The highest BCUT2D eigenvalue weighted by molar-refractivity contribution is 5.96. The fourth-order valence-corrected chi connectivity index (χ4v) is 4.03. The van der Waals surface area contributed by atoms with Gasteiger partial charge in [-0.3, -0.25) is 4.79 Å². The highest BCUT2D eigenvalue weighted by Gasteiger charge is 2.23. The van der Waals surface area contributed by atoms with E-state index in [1.54, 1.807) is 11.6 Å². The Labute approximate surface area is 179 Å². The Hall–Kier alpha value is -3.68. The minimum atomic E-state index is -0.357. The zero-order valence-corrected chi connectivity index (χ0v) is 17.6. The summed E-state index contributed by atoms with van der Waals surface area (Å²) >= 11 is 0. The number of ether oxygens (including phenoxy) is 1. The number of amides is 1. The molecule has 0 radical (unpaired) electrons. The summed E-state index contributed by atoms with van der Waals surface area (Å²) < 4.78 is 7.07. The van der Waals surface area contributed by atoms with Crippen molar-refractivity contribution in [2.75, 3.05) is 19.0 Å². The lowest BCUT2D eigenvalue weighted by Crippen LogP contribution is -2.38. The molecule has 0 saturated carbocycles. The van der Waals surface area contributed by atoms with Crippen molar-refractivity contribution >= 4 is 28.4 Å². The van der Waals surface area contributed by atoms with Gasteiger partial charge in [-0.1, -0.05) is 24.3 Å². The highest BCUT2D eigenvalue weighted by Crippen LogP contribution is 2.28. The molecule has 8 nitrogen and oxygen atoms in total. The predicted octanol–water partition coefficient (Wildman–Crippen LogP) is 3.34. The van der Waals surface area contributed by atoms with Gasteiger partial charge in [-0.15, -0.1) is 5.10 Å². The standard InChI is InChI=1S/C23H24N6O2/c1-14-7-5-11-17-19(14)21-27-20(15-8-6-9-16(13-15)31-2)28-29(21)23(25-17)26-18-10-3-4-12-24-22(18)30/h5-9,11,13,18H,3-4,10,12H2,1-2H3,(H,24,30)(H,25,26)/t18-/m0/s1. The van der Waals surface area contributed by atoms with Crippen LogP contribution in [0.3, 0.4) is 0 Å². The van der Waals surface area contributed by atoms with E-state index in [2.05, 4.69) is 10.6 Å². The maximum atomic E-state index is 12.5. The third kappa shape index (κ3) is 3.54. The molecule has 1 aliphatic rings. The summed E-state index contributed by atoms with van der Waals surface area (Å²) in [6, 6.07) is 13.3. The number of nitrogens with zero attached hydrogens (tertiary/aromatic N) is 4. The van der Waals surface area contributed by atoms with Gasteiger partial charge >= 0.3 is 0 Å². The van der Waals surface area contributed by atoms with Crippen molar-refractivity contribution in [3.63, 3.8) is 0 Å². The fraction of sp³-hybridized carbons (Fsp3) is 0.304. The molecule has 2 N–H and O–H groups in total. The Balaban J connectivity index is 1.68. The average Bonchev–Trinajstić information content (AvgIpc) is 3.14. The minimum absolute atomic E-state index is 0.00933. The van der Waals surface area contributed by atoms with E-state index in [4.69, 9.17) is 19.8 Å². The molecule has 1 aliphatic heterocycles. The molecule has 8 heteroatoms. The quantitative estimate of drug-likeness (QED) is 0.530. The summed E-state index contributed by atoms with van der Waals surface area (Å²) in [4.78, 5) is 22.2. The zero-order chi connectivity index (χ0) is 21.4. The van der Waals surface area contributed by atoms with Gasteiger partial charge in [-0.2, -0.15) is 4.52 Å². The molecule has 3 heterocycles. The molecule has 1 saturated heterocycles. The Morgan fingerprint density at radius 3 is 2.90 bits per heavy atom. The number of aryl methyl sites for hydroxylation is 1. The predicted molar refractivity (Wildman–Crippen MR) is 119 cm³/mol. The second kappa shape index (κ2) is 7.86. The Morgan fingerprint density at radius 2 is 2.03 bits per heavy atom. The number of nitrogens with one attached hydrogen (secondary N) is 2. The molecule has 0 aliphatic carbocycles. The molecule has 4 aromatic rings. The lowest BCUT2D eigenvalue weighted by atomic mass is 10.1. The van der Waals surface area contributed by atoms with Crippen molar-refractivity contribution in [2.45, 2.75) is 32.2 Å². The first-order valence-corrected chi connectivity index (χ1v) is 10.5. The largest absolute Gasteiger partial charge is 0.497 e. The molecule has 0 bridgehead atoms. The van der Waals surface area contributed by atoms with E-state index < -0.39 is 0 Å². The zero-order valence-electron chi connectivity index (χ0n) is 17.6. The lowest BCUT2D eigenvalue weighted by molar-refractivity contribution is -0.121. The third-order valence-corrected chi connectivity index (χ3v) is 5.68. The van der Waals surface area contributed by atoms with E-state index in [0.717, 1.165) is 47.0 Å². The summed E-state index contributed by atoms with van der Waals surface area (Å²) in [5.74, 6) is 1.82. The van der Waals surface area contributed by atoms with E-state index in [1.807, 2.05) is 49.4 Å². The van der Waals surface area contributed by atoms with Crippen LogP contribution >= 0.6 is 0 Å². The molecule has 158 valence electrons. The number of aromatic nitrogens is 4. The van der Waals surface area contributed by atoms with E-state index in [0.29, 0.717) is 24.0 Å². The number of fused-ring (bicyclic) bond motifs is 3. The van der Waals surface area contributed by atoms with Crippen LogP contribution in [-0.4, -0.2) is 45.2 Å². The van der Waals surface area contributed by atoms with Crippen molar-refractivity contribution in [3.8, 4) is 17.1 Å². The van der Waals surface area contributed by atoms with E-state index >= 15 is 0 Å². The van der Waals surface area contributed by atoms with Crippen LogP contribution in [0.2, 0.25) is 0 Å². The summed E-state index contributed by atoms with van der Waals surface area (Å²) in [6.45, 7) is 2.75. The number of rotatable bonds is 4. The number of hydrogen-bond acceptors (Lipinski definition) is 6. The third-order valence-electron chi connectivity index (χ3n) is 5.68. The van der Waals surface area contributed by atoms with Gasteiger partial charge in [0, 0.05) is 17.5 Å². The van der Waals surface area contributed by atoms with Gasteiger partial charge in [0.1, 0.15) is 11.8 Å². The summed E-state index contributed by atoms with van der Waals surface area (Å²) in [5, 5.41) is 12.0. The molecule has 5 rings (SSSR count). The lowest BCUT2D eigenvalue weighted by Gasteiger charge is -2.17. The first-order valence-electron chi connectivity index (χ1n) is 10.5. The molecule has 1 fully saturated rings.